The summed E-state index contributed by atoms with van der Waals surface area (Å²) in [5, 5.41) is 11.2. The molecule has 0 spiro atoms. The molecule has 1 unspecified atom stereocenters. The molecule has 4 atom stereocenters. The first-order valence-corrected chi connectivity index (χ1v) is 27.7. The third kappa shape index (κ3) is 18.9. The fraction of sp³-hybridized carbons (Fsp3) is 0.491. The van der Waals surface area contributed by atoms with E-state index in [4.69, 9.17) is 18.9 Å². The number of nitrogens with zero attached hydrogens (tertiary/aromatic N) is 4. The number of ether oxygens (including phenoxy) is 4. The van der Waals surface area contributed by atoms with Gasteiger partial charge in [-0.3, -0.25) is 33.6 Å². The zero-order valence-electron chi connectivity index (χ0n) is 46.4. The largest absolute Gasteiger partial charge is 0.441 e. The lowest BCUT2D eigenvalue weighted by Gasteiger charge is -2.35. The van der Waals surface area contributed by atoms with Crippen molar-refractivity contribution >= 4 is 65.0 Å². The van der Waals surface area contributed by atoms with Gasteiger partial charge in [0.25, 0.3) is 0 Å². The number of aromatic nitrogens is 1. The number of likely N-dealkylation sites (tertiary alicyclic amines) is 1. The maximum Gasteiger partial charge on any atom is 0.417 e. The zero-order chi connectivity index (χ0) is 59.6. The minimum Gasteiger partial charge on any atom is -0.441 e. The summed E-state index contributed by atoms with van der Waals surface area (Å²) in [6, 6.07) is 13.4. The quantitative estimate of drug-likeness (QED) is 0.0269. The third-order valence-corrected chi connectivity index (χ3v) is 14.7. The molecule has 1 saturated heterocycles. The molecule has 4 N–H and O–H groups in total. The van der Waals surface area contributed by atoms with E-state index in [1.165, 1.54) is 12.1 Å². The van der Waals surface area contributed by atoms with E-state index in [2.05, 4.69) is 26.3 Å². The highest BCUT2D eigenvalue weighted by atomic mass is 32.1. The standard InChI is InChI=1S/C57H70F4N8O12S/c1-36-51(82-34-64-36)40-12-8-38(9-13-40)30-63-53(75)45-7-6-23-68(45)54(76)52(56(3,4)5)66-49(73)33-80-28-27-79-26-25-78-24-22-62-47(71)20-21-48(72)65-43-17-18-44-41(29-43)14-19-46(44)81-55(77)67(35-70)32-50(74)69(37(2)57(59,60)61)31-39-10-15-42(58)16-11-39/h8-13,15-18,29,34-35,37,45-46,52H,6-7,14,19-28,30-33H2,1-5H3,(H,62,71)(H,63,75)(H,65,72)(H,66,73)/t37-,45+,46+,52?/m1/s1. The van der Waals surface area contributed by atoms with Crippen LogP contribution in [0.2, 0.25) is 0 Å². The number of carbonyl (C=O) groups excluding carboxylic acids is 8. The second-order valence-electron chi connectivity index (χ2n) is 20.8. The van der Waals surface area contributed by atoms with Crippen LogP contribution in [0.5, 0.6) is 0 Å². The van der Waals surface area contributed by atoms with Crippen LogP contribution in [0.3, 0.4) is 0 Å². The van der Waals surface area contributed by atoms with E-state index in [1.807, 2.05) is 57.5 Å². The second kappa shape index (κ2) is 30.1. The summed E-state index contributed by atoms with van der Waals surface area (Å²) in [6.45, 7) is 8.03. The molecular formula is C57H70F4N8O12S. The predicted octanol–water partition coefficient (Wildman–Crippen LogP) is 6.54. The molecule has 6 rings (SSSR count). The van der Waals surface area contributed by atoms with Gasteiger partial charge in [0, 0.05) is 44.7 Å². The second-order valence-corrected chi connectivity index (χ2v) is 21.7. The maximum atomic E-state index is 13.9. The first-order chi connectivity index (χ1) is 39.0. The van der Waals surface area contributed by atoms with Crippen molar-refractivity contribution in [2.24, 2.45) is 5.41 Å². The van der Waals surface area contributed by atoms with Gasteiger partial charge in [0.15, 0.2) is 0 Å². The fourth-order valence-corrected chi connectivity index (χ4v) is 9.95. The topological polar surface area (TPSA) is 244 Å². The fourth-order valence-electron chi connectivity index (χ4n) is 9.14. The van der Waals surface area contributed by atoms with Gasteiger partial charge >= 0.3 is 12.3 Å². The summed E-state index contributed by atoms with van der Waals surface area (Å²) in [4.78, 5) is 111. The number of alkyl halides is 3. The number of anilines is 1. The molecule has 0 saturated carbocycles. The van der Waals surface area contributed by atoms with Crippen LogP contribution in [-0.2, 0) is 72.0 Å². The van der Waals surface area contributed by atoms with Crippen molar-refractivity contribution in [3.05, 3.63) is 106 Å². The number of imide groups is 1. The molecule has 25 heteroatoms. The van der Waals surface area contributed by atoms with Gasteiger partial charge in [-0.05, 0) is 97.0 Å². The molecule has 82 heavy (non-hydrogen) atoms. The van der Waals surface area contributed by atoms with Crippen LogP contribution in [0.15, 0.2) is 72.2 Å². The summed E-state index contributed by atoms with van der Waals surface area (Å²) < 4.78 is 76.6. The first-order valence-electron chi connectivity index (χ1n) is 26.8. The molecule has 0 radical (unpaired) electrons. The Morgan fingerprint density at radius 1 is 0.841 bits per heavy atom. The van der Waals surface area contributed by atoms with E-state index in [9.17, 15) is 55.9 Å². The summed E-state index contributed by atoms with van der Waals surface area (Å²) in [5.74, 6) is -3.72. The molecule has 2 aliphatic rings. The molecule has 3 aromatic carbocycles. The van der Waals surface area contributed by atoms with Crippen molar-refractivity contribution in [3.8, 4) is 10.4 Å². The Morgan fingerprint density at radius 2 is 1.51 bits per heavy atom. The number of thiazole rings is 1. The molecule has 444 valence electrons. The number of fused-ring (bicyclic) bond motifs is 1. The molecular weight excluding hydrogens is 1100 g/mol. The number of benzene rings is 3. The van der Waals surface area contributed by atoms with Crippen LogP contribution in [0.25, 0.3) is 10.4 Å². The number of aryl methyl sites for hydroxylation is 2. The summed E-state index contributed by atoms with van der Waals surface area (Å²) >= 11 is 1.57. The first kappa shape index (κ1) is 63.8. The van der Waals surface area contributed by atoms with Crippen molar-refractivity contribution < 1.29 is 74.9 Å². The molecule has 0 bridgehead atoms. The van der Waals surface area contributed by atoms with Gasteiger partial charge in [-0.25, -0.2) is 19.1 Å². The minimum atomic E-state index is -4.85. The molecule has 1 aliphatic heterocycles. The summed E-state index contributed by atoms with van der Waals surface area (Å²) in [5.41, 5.74) is 5.95. The van der Waals surface area contributed by atoms with Gasteiger partial charge in [-0.15, -0.1) is 11.3 Å². The number of hydrogen-bond acceptors (Lipinski definition) is 14. The highest BCUT2D eigenvalue weighted by molar-refractivity contribution is 7.13. The lowest BCUT2D eigenvalue weighted by atomic mass is 9.85. The monoisotopic (exact) mass is 1170 g/mol. The smallest absolute Gasteiger partial charge is 0.417 e. The minimum absolute atomic E-state index is 0.0118. The third-order valence-electron chi connectivity index (χ3n) is 13.7. The van der Waals surface area contributed by atoms with Gasteiger partial charge < -0.3 is 50.0 Å². The van der Waals surface area contributed by atoms with Gasteiger partial charge in [-0.1, -0.05) is 63.2 Å². The number of hydrogen-bond donors (Lipinski definition) is 4. The Morgan fingerprint density at radius 3 is 2.17 bits per heavy atom. The SMILES string of the molecule is Cc1ncsc1-c1ccc(CNC(=O)[C@@H]2CCCN2C(=O)C(NC(=O)COCCOCCOCCNC(=O)CCC(=O)Nc2ccc3c(c2)CC[C@@H]3OC(=O)N(C=O)CC(=O)N(Cc2ccc(F)cc2)[C@H](C)C(F)(F)F)C(C)(C)C)cc1. The Bertz CT molecular complexity index is 2850. The Balaban J connectivity index is 0.804. The van der Waals surface area contributed by atoms with E-state index in [0.717, 1.165) is 40.8 Å². The molecule has 2 heterocycles. The van der Waals surface area contributed by atoms with Crippen molar-refractivity contribution in [1.29, 1.82) is 0 Å². The number of rotatable bonds is 28. The van der Waals surface area contributed by atoms with Crippen LogP contribution >= 0.6 is 11.3 Å². The summed E-state index contributed by atoms with van der Waals surface area (Å²) in [7, 11) is 0. The average Bonchev–Trinajstić information content (AvgIpc) is 4.41. The van der Waals surface area contributed by atoms with Crippen LogP contribution in [0.1, 0.15) is 93.9 Å². The lowest BCUT2D eigenvalue weighted by Crippen LogP contribution is -2.58. The number of nitrogens with one attached hydrogen (secondary N) is 4. The van der Waals surface area contributed by atoms with Crippen LogP contribution in [-0.4, -0.2) is 151 Å². The van der Waals surface area contributed by atoms with Crippen LogP contribution in [0.4, 0.5) is 28.0 Å². The lowest BCUT2D eigenvalue weighted by molar-refractivity contribution is -0.187. The normalized spacial score (nSPS) is 15.6. The highest BCUT2D eigenvalue weighted by Crippen LogP contribution is 2.36. The van der Waals surface area contributed by atoms with Gasteiger partial charge in [0.1, 0.15) is 43.2 Å². The van der Waals surface area contributed by atoms with Crippen LogP contribution < -0.4 is 21.3 Å². The van der Waals surface area contributed by atoms with Crippen molar-refractivity contribution in [3.63, 3.8) is 0 Å². The van der Waals surface area contributed by atoms with Crippen molar-refractivity contribution in [2.45, 2.75) is 117 Å². The Labute approximate surface area is 476 Å². The Kier molecular flexibility index (Phi) is 23.4. The maximum absolute atomic E-state index is 13.9. The highest BCUT2D eigenvalue weighted by Gasteiger charge is 2.44. The van der Waals surface area contributed by atoms with Crippen molar-refractivity contribution in [2.75, 3.05) is 64.6 Å². The predicted molar refractivity (Wildman–Crippen MR) is 293 cm³/mol. The van der Waals surface area contributed by atoms with Gasteiger partial charge in [0.2, 0.25) is 41.9 Å². The van der Waals surface area contributed by atoms with E-state index < -0.39 is 78.5 Å². The molecule has 4 aromatic rings. The van der Waals surface area contributed by atoms with Crippen molar-refractivity contribution in [1.82, 2.24) is 35.6 Å². The number of carbonyl (C=O) groups is 8. The Hall–Kier alpha value is -7.35. The summed E-state index contributed by atoms with van der Waals surface area (Å²) in [6.07, 6.45) is -5.37. The van der Waals surface area contributed by atoms with E-state index >= 15 is 0 Å². The van der Waals surface area contributed by atoms with Gasteiger partial charge in [0.05, 0.1) is 49.1 Å². The van der Waals surface area contributed by atoms with E-state index in [1.54, 1.807) is 34.4 Å². The molecule has 1 aromatic heterocycles. The number of amides is 8. The number of halogens is 4. The van der Waals surface area contributed by atoms with E-state index in [-0.39, 0.29) is 95.1 Å². The van der Waals surface area contributed by atoms with Crippen LogP contribution in [0, 0.1) is 18.2 Å². The molecule has 8 amide bonds. The molecule has 20 nitrogen and oxygen atoms in total. The zero-order valence-corrected chi connectivity index (χ0v) is 47.3. The average molecular weight is 1170 g/mol. The van der Waals surface area contributed by atoms with E-state index in [0.29, 0.717) is 59.0 Å². The van der Waals surface area contributed by atoms with Gasteiger partial charge in [-0.2, -0.15) is 13.2 Å². The molecule has 1 fully saturated rings. The molecule has 1 aliphatic carbocycles.